The minimum atomic E-state index is 0.392. The van der Waals surface area contributed by atoms with Gasteiger partial charge in [-0.1, -0.05) is 0 Å². The van der Waals surface area contributed by atoms with Crippen LogP contribution in [0, 0.1) is 13.8 Å². The van der Waals surface area contributed by atoms with Gasteiger partial charge in [-0.3, -0.25) is 0 Å². The van der Waals surface area contributed by atoms with E-state index in [9.17, 15) is 0 Å². The third-order valence-corrected chi connectivity index (χ3v) is 3.17. The topological polar surface area (TPSA) is 52.0 Å². The first-order chi connectivity index (χ1) is 6.66. The standard InChI is InChI=1S/C11H18N2O/c1-7-8(2)14-11(13-7)9-3-5-10(12)6-4-9/h9-10H,3-6,12H2,1-2H3. The van der Waals surface area contributed by atoms with Crippen molar-refractivity contribution in [2.75, 3.05) is 0 Å². The largest absolute Gasteiger partial charge is 0.445 e. The van der Waals surface area contributed by atoms with E-state index < -0.39 is 0 Å². The van der Waals surface area contributed by atoms with Gasteiger partial charge in [0, 0.05) is 12.0 Å². The van der Waals surface area contributed by atoms with Crippen LogP contribution in [0.5, 0.6) is 0 Å². The quantitative estimate of drug-likeness (QED) is 0.746. The molecule has 1 fully saturated rings. The van der Waals surface area contributed by atoms with E-state index in [1.54, 1.807) is 0 Å². The minimum Gasteiger partial charge on any atom is -0.445 e. The van der Waals surface area contributed by atoms with Crippen LogP contribution in [0.1, 0.15) is 48.9 Å². The number of aryl methyl sites for hydroxylation is 2. The van der Waals surface area contributed by atoms with Crippen molar-refractivity contribution >= 4 is 0 Å². The lowest BCUT2D eigenvalue weighted by molar-refractivity contribution is 0.334. The maximum Gasteiger partial charge on any atom is 0.197 e. The highest BCUT2D eigenvalue weighted by Crippen LogP contribution is 2.32. The number of hydrogen-bond acceptors (Lipinski definition) is 3. The highest BCUT2D eigenvalue weighted by atomic mass is 16.4. The van der Waals surface area contributed by atoms with Crippen molar-refractivity contribution in [3.63, 3.8) is 0 Å². The van der Waals surface area contributed by atoms with E-state index in [0.29, 0.717) is 12.0 Å². The van der Waals surface area contributed by atoms with Crippen molar-refractivity contribution in [2.24, 2.45) is 5.73 Å². The Bertz CT molecular complexity index is 292. The van der Waals surface area contributed by atoms with Gasteiger partial charge in [-0.15, -0.1) is 0 Å². The molecular weight excluding hydrogens is 176 g/mol. The predicted molar refractivity (Wildman–Crippen MR) is 55.2 cm³/mol. The summed E-state index contributed by atoms with van der Waals surface area (Å²) in [5.41, 5.74) is 6.88. The molecule has 1 aliphatic carbocycles. The number of nitrogens with zero attached hydrogens (tertiary/aromatic N) is 1. The second-order valence-corrected chi connectivity index (χ2v) is 4.31. The zero-order valence-corrected chi connectivity index (χ0v) is 8.92. The minimum absolute atomic E-state index is 0.392. The summed E-state index contributed by atoms with van der Waals surface area (Å²) in [5.74, 6) is 2.38. The van der Waals surface area contributed by atoms with Gasteiger partial charge in [0.15, 0.2) is 5.89 Å². The molecule has 3 nitrogen and oxygen atoms in total. The molecule has 1 heterocycles. The summed E-state index contributed by atoms with van der Waals surface area (Å²) in [6.45, 7) is 3.97. The fourth-order valence-corrected chi connectivity index (χ4v) is 2.04. The number of hydrogen-bond donors (Lipinski definition) is 1. The van der Waals surface area contributed by atoms with Crippen LogP contribution < -0.4 is 5.73 Å². The molecular formula is C11H18N2O. The molecule has 1 aromatic rings. The van der Waals surface area contributed by atoms with Crippen molar-refractivity contribution in [3.8, 4) is 0 Å². The van der Waals surface area contributed by atoms with E-state index in [2.05, 4.69) is 4.98 Å². The lowest BCUT2D eigenvalue weighted by Gasteiger charge is -2.23. The number of nitrogens with two attached hydrogens (primary N) is 1. The molecule has 1 aliphatic rings. The monoisotopic (exact) mass is 194 g/mol. The van der Waals surface area contributed by atoms with Crippen LogP contribution in [0.2, 0.25) is 0 Å². The van der Waals surface area contributed by atoms with E-state index in [-0.39, 0.29) is 0 Å². The second kappa shape index (κ2) is 3.73. The van der Waals surface area contributed by atoms with Crippen molar-refractivity contribution in [1.29, 1.82) is 0 Å². The molecule has 78 valence electrons. The number of oxazole rings is 1. The average molecular weight is 194 g/mol. The fourth-order valence-electron chi connectivity index (χ4n) is 2.04. The van der Waals surface area contributed by atoms with Crippen LogP contribution in [-0.4, -0.2) is 11.0 Å². The highest BCUT2D eigenvalue weighted by Gasteiger charge is 2.24. The van der Waals surface area contributed by atoms with Gasteiger partial charge in [0.2, 0.25) is 0 Å². The zero-order valence-electron chi connectivity index (χ0n) is 8.92. The SMILES string of the molecule is Cc1nc(C2CCC(N)CC2)oc1C. The molecule has 1 aromatic heterocycles. The molecule has 0 saturated heterocycles. The van der Waals surface area contributed by atoms with Gasteiger partial charge in [0.1, 0.15) is 5.76 Å². The maximum absolute atomic E-state index is 5.86. The van der Waals surface area contributed by atoms with Crippen LogP contribution in [0.4, 0.5) is 0 Å². The lowest BCUT2D eigenvalue weighted by atomic mass is 9.86. The molecule has 0 amide bonds. The molecule has 0 aromatic carbocycles. The lowest BCUT2D eigenvalue weighted by Crippen LogP contribution is -2.25. The Balaban J connectivity index is 2.08. The molecule has 0 radical (unpaired) electrons. The summed E-state index contributed by atoms with van der Waals surface area (Å²) in [6, 6.07) is 0.392. The van der Waals surface area contributed by atoms with Crippen LogP contribution in [0.15, 0.2) is 4.42 Å². The van der Waals surface area contributed by atoms with Crippen LogP contribution in [0.25, 0.3) is 0 Å². The first-order valence-corrected chi connectivity index (χ1v) is 5.36. The van der Waals surface area contributed by atoms with Crippen LogP contribution >= 0.6 is 0 Å². The Morgan fingerprint density at radius 3 is 2.36 bits per heavy atom. The van der Waals surface area contributed by atoms with Crippen molar-refractivity contribution in [1.82, 2.24) is 4.98 Å². The summed E-state index contributed by atoms with van der Waals surface area (Å²) >= 11 is 0. The maximum atomic E-state index is 5.86. The first-order valence-electron chi connectivity index (χ1n) is 5.36. The van der Waals surface area contributed by atoms with Crippen molar-refractivity contribution < 1.29 is 4.42 Å². The van der Waals surface area contributed by atoms with E-state index in [1.165, 1.54) is 0 Å². The fraction of sp³-hybridized carbons (Fsp3) is 0.727. The van der Waals surface area contributed by atoms with E-state index in [4.69, 9.17) is 10.2 Å². The number of aromatic nitrogens is 1. The molecule has 0 bridgehead atoms. The molecule has 2 rings (SSSR count). The molecule has 14 heavy (non-hydrogen) atoms. The Morgan fingerprint density at radius 2 is 1.86 bits per heavy atom. The first kappa shape index (κ1) is 9.71. The van der Waals surface area contributed by atoms with Gasteiger partial charge >= 0.3 is 0 Å². The van der Waals surface area contributed by atoms with Gasteiger partial charge in [0.05, 0.1) is 5.69 Å². The van der Waals surface area contributed by atoms with Crippen LogP contribution in [-0.2, 0) is 0 Å². The highest BCUT2D eigenvalue weighted by molar-refractivity contribution is 5.08. The van der Waals surface area contributed by atoms with Gasteiger partial charge < -0.3 is 10.2 Å². The summed E-state index contributed by atoms with van der Waals surface area (Å²) in [4.78, 5) is 4.45. The van der Waals surface area contributed by atoms with E-state index in [0.717, 1.165) is 43.0 Å². The van der Waals surface area contributed by atoms with E-state index >= 15 is 0 Å². The normalized spacial score (nSPS) is 27.9. The Morgan fingerprint density at radius 1 is 1.21 bits per heavy atom. The van der Waals surface area contributed by atoms with Gasteiger partial charge in [0.25, 0.3) is 0 Å². The zero-order chi connectivity index (χ0) is 10.1. The summed E-state index contributed by atoms with van der Waals surface area (Å²) in [7, 11) is 0. The van der Waals surface area contributed by atoms with Crippen molar-refractivity contribution in [3.05, 3.63) is 17.3 Å². The summed E-state index contributed by atoms with van der Waals surface area (Å²) in [6.07, 6.45) is 4.46. The Labute approximate surface area is 84.7 Å². The van der Waals surface area contributed by atoms with Gasteiger partial charge in [-0.25, -0.2) is 4.98 Å². The molecule has 0 aliphatic heterocycles. The molecule has 0 unspecified atom stereocenters. The molecule has 2 N–H and O–H groups in total. The predicted octanol–water partition coefficient (Wildman–Crippen LogP) is 2.28. The molecule has 3 heteroatoms. The second-order valence-electron chi connectivity index (χ2n) is 4.31. The number of rotatable bonds is 1. The Hall–Kier alpha value is -0.830. The average Bonchev–Trinajstić information content (AvgIpc) is 2.48. The Kier molecular flexibility index (Phi) is 2.59. The van der Waals surface area contributed by atoms with E-state index in [1.807, 2.05) is 13.8 Å². The molecule has 0 spiro atoms. The smallest absolute Gasteiger partial charge is 0.197 e. The molecule has 0 atom stereocenters. The third kappa shape index (κ3) is 1.82. The van der Waals surface area contributed by atoms with Crippen molar-refractivity contribution in [2.45, 2.75) is 51.5 Å². The summed E-state index contributed by atoms with van der Waals surface area (Å²) < 4.78 is 5.64. The van der Waals surface area contributed by atoms with Crippen LogP contribution in [0.3, 0.4) is 0 Å². The van der Waals surface area contributed by atoms with Gasteiger partial charge in [-0.05, 0) is 39.5 Å². The molecule has 1 saturated carbocycles. The summed E-state index contributed by atoms with van der Waals surface area (Å²) in [5, 5.41) is 0. The van der Waals surface area contributed by atoms with Gasteiger partial charge in [-0.2, -0.15) is 0 Å². The third-order valence-electron chi connectivity index (χ3n) is 3.17.